The van der Waals surface area contributed by atoms with Crippen LogP contribution in [0.3, 0.4) is 0 Å². The van der Waals surface area contributed by atoms with E-state index >= 15 is 0 Å². The molecule has 7 heteroatoms. The van der Waals surface area contributed by atoms with Crippen molar-refractivity contribution in [2.24, 2.45) is 0 Å². The summed E-state index contributed by atoms with van der Waals surface area (Å²) in [5, 5.41) is 2.62. The predicted molar refractivity (Wildman–Crippen MR) is 86.2 cm³/mol. The van der Waals surface area contributed by atoms with Gasteiger partial charge >= 0.3 is 5.97 Å². The van der Waals surface area contributed by atoms with Crippen molar-refractivity contribution >= 4 is 29.1 Å². The van der Waals surface area contributed by atoms with Crippen molar-refractivity contribution in [3.8, 4) is 5.75 Å². The van der Waals surface area contributed by atoms with Crippen LogP contribution < -0.4 is 10.1 Å². The minimum atomic E-state index is -0.790. The fourth-order valence-corrected chi connectivity index (χ4v) is 2.14. The first-order valence-electron chi connectivity index (χ1n) is 6.90. The Morgan fingerprint density at radius 2 is 2.09 bits per heavy atom. The third-order valence-electron chi connectivity index (χ3n) is 2.98. The zero-order chi connectivity index (χ0) is 17.0. The van der Waals surface area contributed by atoms with Gasteiger partial charge in [-0.2, -0.15) is 0 Å². The third-order valence-corrected chi connectivity index (χ3v) is 3.24. The number of anilines is 2. The van der Waals surface area contributed by atoms with Crippen molar-refractivity contribution in [1.82, 2.24) is 4.98 Å². The van der Waals surface area contributed by atoms with Gasteiger partial charge in [-0.1, -0.05) is 11.6 Å². The number of hydrogen-bond acceptors (Lipinski definition) is 5. The molecule has 0 saturated heterocycles. The highest BCUT2D eigenvalue weighted by Gasteiger charge is 2.18. The number of benzene rings is 1. The van der Waals surface area contributed by atoms with E-state index in [4.69, 9.17) is 21.1 Å². The molecule has 1 aromatic heterocycles. The molecule has 0 aliphatic rings. The topological polar surface area (TPSA) is 60.5 Å². The van der Waals surface area contributed by atoms with Crippen LogP contribution in [0.2, 0.25) is 5.15 Å². The Hall–Kier alpha value is -2.34. The molecule has 23 heavy (non-hydrogen) atoms. The Kier molecular flexibility index (Phi) is 5.39. The fraction of sp³-hybridized carbons (Fsp3) is 0.250. The van der Waals surface area contributed by atoms with Crippen LogP contribution in [0.5, 0.6) is 5.75 Å². The molecule has 5 nitrogen and oxygen atoms in total. The average molecular weight is 339 g/mol. The van der Waals surface area contributed by atoms with E-state index in [9.17, 15) is 9.18 Å². The van der Waals surface area contributed by atoms with Crippen LogP contribution >= 0.6 is 11.6 Å². The number of esters is 1. The lowest BCUT2D eigenvalue weighted by Gasteiger charge is -2.13. The van der Waals surface area contributed by atoms with E-state index in [0.717, 1.165) is 11.6 Å². The fourth-order valence-electron chi connectivity index (χ4n) is 2.00. The molecule has 1 aromatic carbocycles. The van der Waals surface area contributed by atoms with Crippen LogP contribution in [0, 0.1) is 12.7 Å². The molecule has 0 bridgehead atoms. The van der Waals surface area contributed by atoms with Crippen molar-refractivity contribution in [2.75, 3.05) is 19.0 Å². The first-order valence-corrected chi connectivity index (χ1v) is 7.28. The molecular weight excluding hydrogens is 323 g/mol. The molecule has 0 aliphatic heterocycles. The van der Waals surface area contributed by atoms with Crippen molar-refractivity contribution < 1.29 is 18.7 Å². The Labute approximate surface area is 138 Å². The highest BCUT2D eigenvalue weighted by atomic mass is 35.5. The van der Waals surface area contributed by atoms with Gasteiger partial charge in [-0.05, 0) is 37.6 Å². The van der Waals surface area contributed by atoms with Gasteiger partial charge in [0.2, 0.25) is 0 Å². The maximum absolute atomic E-state index is 13.6. The number of aryl methyl sites for hydroxylation is 1. The lowest BCUT2D eigenvalue weighted by molar-refractivity contribution is 0.0526. The van der Waals surface area contributed by atoms with Gasteiger partial charge in [0.1, 0.15) is 17.1 Å². The van der Waals surface area contributed by atoms with Crippen molar-refractivity contribution in [1.29, 1.82) is 0 Å². The number of nitrogens with zero attached hydrogens (tertiary/aromatic N) is 1. The molecule has 0 saturated carbocycles. The zero-order valence-electron chi connectivity index (χ0n) is 12.9. The summed E-state index contributed by atoms with van der Waals surface area (Å²) in [5.41, 5.74) is 1.54. The molecule has 0 fully saturated rings. The van der Waals surface area contributed by atoms with Gasteiger partial charge in [0, 0.05) is 11.8 Å². The van der Waals surface area contributed by atoms with Crippen LogP contribution in [0.25, 0.3) is 0 Å². The van der Waals surface area contributed by atoms with E-state index in [2.05, 4.69) is 10.3 Å². The van der Waals surface area contributed by atoms with E-state index in [1.807, 2.05) is 19.1 Å². The van der Waals surface area contributed by atoms with E-state index in [0.29, 0.717) is 11.4 Å². The number of aromatic nitrogens is 1. The molecule has 0 spiro atoms. The zero-order valence-corrected chi connectivity index (χ0v) is 13.7. The molecule has 0 amide bonds. The summed E-state index contributed by atoms with van der Waals surface area (Å²) >= 11 is 5.72. The largest absolute Gasteiger partial charge is 0.497 e. The lowest BCUT2D eigenvalue weighted by atomic mass is 10.2. The number of halogens is 2. The Morgan fingerprint density at radius 3 is 2.74 bits per heavy atom. The number of nitrogens with one attached hydrogen (secondary N) is 1. The number of ether oxygens (including phenoxy) is 2. The highest BCUT2D eigenvalue weighted by Crippen LogP contribution is 2.27. The lowest BCUT2D eigenvalue weighted by Crippen LogP contribution is -2.10. The summed E-state index contributed by atoms with van der Waals surface area (Å²) in [7, 11) is 1.55. The molecule has 2 aromatic rings. The van der Waals surface area contributed by atoms with Gasteiger partial charge in [-0.25, -0.2) is 14.2 Å². The van der Waals surface area contributed by atoms with Crippen molar-refractivity contribution in [3.63, 3.8) is 0 Å². The number of carbonyl (C=O) groups excluding carboxylic acids is 1. The molecule has 1 heterocycles. The summed E-state index contributed by atoms with van der Waals surface area (Å²) < 4.78 is 23.7. The summed E-state index contributed by atoms with van der Waals surface area (Å²) in [6.45, 7) is 3.72. The second-order valence-corrected chi connectivity index (χ2v) is 5.10. The van der Waals surface area contributed by atoms with Crippen molar-refractivity contribution in [2.45, 2.75) is 13.8 Å². The Morgan fingerprint density at radius 1 is 1.35 bits per heavy atom. The van der Waals surface area contributed by atoms with E-state index in [1.54, 1.807) is 20.1 Å². The number of rotatable bonds is 5. The molecule has 1 N–H and O–H groups in total. The second-order valence-electron chi connectivity index (χ2n) is 4.74. The monoisotopic (exact) mass is 338 g/mol. The minimum Gasteiger partial charge on any atom is -0.497 e. The summed E-state index contributed by atoms with van der Waals surface area (Å²) in [6, 6.07) is 6.41. The van der Waals surface area contributed by atoms with Crippen LogP contribution in [-0.4, -0.2) is 24.7 Å². The first kappa shape index (κ1) is 17.0. The maximum Gasteiger partial charge on any atom is 0.342 e. The van der Waals surface area contributed by atoms with Crippen LogP contribution in [0.4, 0.5) is 15.9 Å². The van der Waals surface area contributed by atoms with Crippen LogP contribution in [0.1, 0.15) is 22.8 Å². The molecule has 0 atom stereocenters. The second kappa shape index (κ2) is 7.28. The molecule has 0 radical (unpaired) electrons. The number of hydrogen-bond donors (Lipinski definition) is 1. The maximum atomic E-state index is 13.6. The standard InChI is InChI=1S/C16H16ClFN2O3/c1-4-23-16(21)12-8-13(18)14(17)20-15(12)19-10-5-9(2)6-11(7-10)22-3/h5-8H,4H2,1-3H3,(H,19,20). The normalized spacial score (nSPS) is 10.3. The van der Waals surface area contributed by atoms with Gasteiger partial charge in [0.05, 0.1) is 13.7 Å². The smallest absolute Gasteiger partial charge is 0.342 e. The summed E-state index contributed by atoms with van der Waals surface area (Å²) in [4.78, 5) is 15.9. The van der Waals surface area contributed by atoms with E-state index in [-0.39, 0.29) is 23.1 Å². The van der Waals surface area contributed by atoms with E-state index in [1.165, 1.54) is 0 Å². The van der Waals surface area contributed by atoms with Crippen molar-refractivity contribution in [3.05, 3.63) is 46.4 Å². The molecule has 0 unspecified atom stereocenters. The van der Waals surface area contributed by atoms with Gasteiger partial charge in [-0.3, -0.25) is 0 Å². The molecule has 0 aliphatic carbocycles. The number of carbonyl (C=O) groups is 1. The Balaban J connectivity index is 2.44. The Bertz CT molecular complexity index is 738. The number of pyridine rings is 1. The average Bonchev–Trinajstić information content (AvgIpc) is 2.50. The van der Waals surface area contributed by atoms with Crippen LogP contribution in [-0.2, 0) is 4.74 Å². The minimum absolute atomic E-state index is 0.0331. The van der Waals surface area contributed by atoms with Gasteiger partial charge in [-0.15, -0.1) is 0 Å². The highest BCUT2D eigenvalue weighted by molar-refractivity contribution is 6.29. The molecular formula is C16H16ClFN2O3. The van der Waals surface area contributed by atoms with Gasteiger partial charge < -0.3 is 14.8 Å². The quantitative estimate of drug-likeness (QED) is 0.656. The van der Waals surface area contributed by atoms with Gasteiger partial charge in [0.25, 0.3) is 0 Å². The summed E-state index contributed by atoms with van der Waals surface area (Å²) in [6.07, 6.45) is 0. The summed E-state index contributed by atoms with van der Waals surface area (Å²) in [5.74, 6) is -0.722. The van der Waals surface area contributed by atoms with Crippen LogP contribution in [0.15, 0.2) is 24.3 Å². The predicted octanol–water partition coefficient (Wildman–Crippen LogP) is 4.11. The van der Waals surface area contributed by atoms with E-state index < -0.39 is 11.8 Å². The molecule has 122 valence electrons. The molecule has 2 rings (SSSR count). The van der Waals surface area contributed by atoms with Gasteiger partial charge in [0.15, 0.2) is 11.0 Å². The third kappa shape index (κ3) is 4.10. The number of methoxy groups -OCH3 is 1. The first-order chi connectivity index (χ1) is 10.9. The SMILES string of the molecule is CCOC(=O)c1cc(F)c(Cl)nc1Nc1cc(C)cc(OC)c1.